The number of methoxy groups -OCH3 is 1. The van der Waals surface area contributed by atoms with Gasteiger partial charge in [-0.3, -0.25) is 0 Å². The second-order valence-corrected chi connectivity index (χ2v) is 4.42. The summed E-state index contributed by atoms with van der Waals surface area (Å²) in [5.41, 5.74) is 6.66. The molecule has 0 aliphatic carbocycles. The molecule has 1 unspecified atom stereocenters. The lowest BCUT2D eigenvalue weighted by atomic mass is 10.0. The molecule has 19 heavy (non-hydrogen) atoms. The summed E-state index contributed by atoms with van der Waals surface area (Å²) < 4.78 is 4.77. The van der Waals surface area contributed by atoms with Gasteiger partial charge in [-0.2, -0.15) is 9.97 Å². The van der Waals surface area contributed by atoms with E-state index in [9.17, 15) is 4.79 Å². The molecule has 4 N–H and O–H groups in total. The molecule has 0 saturated heterocycles. The molecule has 2 aromatic rings. The molecule has 2 heterocycles. The molecule has 0 radical (unpaired) electrons. The first kappa shape index (κ1) is 13.1. The minimum Gasteiger partial charge on any atom is -0.467 e. The Bertz CT molecular complexity index is 594. The molecule has 0 aliphatic heterocycles. The van der Waals surface area contributed by atoms with Gasteiger partial charge in [0.2, 0.25) is 5.95 Å². The van der Waals surface area contributed by atoms with Crippen molar-refractivity contribution in [2.45, 2.75) is 19.9 Å². The number of nitrogens with zero attached hydrogens (tertiary/aromatic N) is 3. The van der Waals surface area contributed by atoms with Gasteiger partial charge in [-0.25, -0.2) is 9.78 Å². The van der Waals surface area contributed by atoms with Crippen LogP contribution in [-0.2, 0) is 9.53 Å². The molecule has 102 valence electrons. The van der Waals surface area contributed by atoms with Gasteiger partial charge in [0.25, 0.3) is 0 Å². The molecule has 0 aromatic carbocycles. The molecule has 8 nitrogen and oxygen atoms in total. The maximum absolute atomic E-state index is 11.7. The zero-order valence-corrected chi connectivity index (χ0v) is 11.0. The number of aromatic nitrogens is 4. The van der Waals surface area contributed by atoms with Crippen molar-refractivity contribution in [2.75, 3.05) is 18.2 Å². The minimum atomic E-state index is -0.522. The number of anilines is 2. The number of imidazole rings is 1. The molecule has 0 fully saturated rings. The van der Waals surface area contributed by atoms with Crippen LogP contribution in [0.25, 0.3) is 11.2 Å². The number of nitrogens with one attached hydrogen (secondary N) is 2. The molecule has 0 amide bonds. The zero-order valence-electron chi connectivity index (χ0n) is 11.0. The summed E-state index contributed by atoms with van der Waals surface area (Å²) >= 11 is 0. The molecular formula is C11H16N6O2. The van der Waals surface area contributed by atoms with Crippen molar-refractivity contribution >= 4 is 28.9 Å². The van der Waals surface area contributed by atoms with Crippen molar-refractivity contribution < 1.29 is 9.53 Å². The van der Waals surface area contributed by atoms with Crippen molar-refractivity contribution in [3.63, 3.8) is 0 Å². The number of nitrogens with two attached hydrogens (primary N) is 1. The van der Waals surface area contributed by atoms with Crippen LogP contribution in [0.5, 0.6) is 0 Å². The van der Waals surface area contributed by atoms with Crippen molar-refractivity contribution in [1.29, 1.82) is 0 Å². The van der Waals surface area contributed by atoms with Crippen LogP contribution in [0.15, 0.2) is 6.33 Å². The second kappa shape index (κ2) is 5.09. The van der Waals surface area contributed by atoms with Crippen molar-refractivity contribution in [3.05, 3.63) is 6.33 Å². The van der Waals surface area contributed by atoms with Crippen LogP contribution in [0, 0.1) is 5.92 Å². The van der Waals surface area contributed by atoms with Crippen LogP contribution >= 0.6 is 0 Å². The fraction of sp³-hybridized carbons (Fsp3) is 0.455. The van der Waals surface area contributed by atoms with E-state index in [0.29, 0.717) is 17.0 Å². The Morgan fingerprint density at radius 2 is 2.21 bits per heavy atom. The first-order chi connectivity index (χ1) is 9.02. The standard InChI is InChI=1S/C11H16N6O2/c1-5(2)6(10(18)19-3)15-9-7-8(14-4-13-7)16-11(12)17-9/h4-6H,1-3H3,(H4,12,13,14,15,16,17). The highest BCUT2D eigenvalue weighted by molar-refractivity contribution is 5.87. The monoisotopic (exact) mass is 264 g/mol. The number of hydrogen-bond donors (Lipinski definition) is 3. The topological polar surface area (TPSA) is 119 Å². The maximum atomic E-state index is 11.7. The van der Waals surface area contributed by atoms with E-state index < -0.39 is 6.04 Å². The van der Waals surface area contributed by atoms with E-state index in [1.54, 1.807) is 0 Å². The lowest BCUT2D eigenvalue weighted by Gasteiger charge is -2.20. The second-order valence-electron chi connectivity index (χ2n) is 4.42. The average Bonchev–Trinajstić information content (AvgIpc) is 2.82. The maximum Gasteiger partial charge on any atom is 0.328 e. The SMILES string of the molecule is COC(=O)C(Nc1nc(N)nc2nc[nH]c12)C(C)C. The fourth-order valence-electron chi connectivity index (χ4n) is 1.73. The van der Waals surface area contributed by atoms with Gasteiger partial charge >= 0.3 is 5.97 Å². The third kappa shape index (κ3) is 2.56. The van der Waals surface area contributed by atoms with Gasteiger partial charge in [0.05, 0.1) is 13.4 Å². The summed E-state index contributed by atoms with van der Waals surface area (Å²) in [5, 5.41) is 3.02. The number of esters is 1. The molecular weight excluding hydrogens is 248 g/mol. The van der Waals surface area contributed by atoms with Gasteiger partial charge in [0, 0.05) is 0 Å². The Labute approximate surface area is 109 Å². The quantitative estimate of drug-likeness (QED) is 0.689. The average molecular weight is 264 g/mol. The van der Waals surface area contributed by atoms with Gasteiger partial charge in [-0.05, 0) is 5.92 Å². The van der Waals surface area contributed by atoms with Crippen LogP contribution in [0.2, 0.25) is 0 Å². The number of carbonyl (C=O) groups excluding carboxylic acids is 1. The Balaban J connectivity index is 2.38. The number of nitrogen functional groups attached to an aromatic ring is 1. The van der Waals surface area contributed by atoms with Crippen LogP contribution in [0.1, 0.15) is 13.8 Å². The van der Waals surface area contributed by atoms with Crippen LogP contribution in [-0.4, -0.2) is 39.1 Å². The van der Waals surface area contributed by atoms with Crippen molar-refractivity contribution in [2.24, 2.45) is 5.92 Å². The van der Waals surface area contributed by atoms with Gasteiger partial charge in [0.15, 0.2) is 11.5 Å². The van der Waals surface area contributed by atoms with Crippen molar-refractivity contribution in [1.82, 2.24) is 19.9 Å². The van der Waals surface area contributed by atoms with E-state index >= 15 is 0 Å². The van der Waals surface area contributed by atoms with E-state index in [4.69, 9.17) is 10.5 Å². The zero-order chi connectivity index (χ0) is 14.0. The Hall–Kier alpha value is -2.38. The third-order valence-corrected chi connectivity index (χ3v) is 2.72. The van der Waals surface area contributed by atoms with E-state index in [1.165, 1.54) is 13.4 Å². The Kier molecular flexibility index (Phi) is 3.50. The largest absolute Gasteiger partial charge is 0.467 e. The molecule has 0 saturated carbocycles. The van der Waals surface area contributed by atoms with E-state index in [1.807, 2.05) is 13.8 Å². The number of carbonyl (C=O) groups is 1. The highest BCUT2D eigenvalue weighted by atomic mass is 16.5. The molecule has 2 aromatic heterocycles. The molecule has 0 bridgehead atoms. The summed E-state index contributed by atoms with van der Waals surface area (Å²) in [7, 11) is 1.35. The smallest absolute Gasteiger partial charge is 0.328 e. The normalized spacial score (nSPS) is 12.6. The van der Waals surface area contributed by atoms with E-state index in [0.717, 1.165) is 0 Å². The first-order valence-corrected chi connectivity index (χ1v) is 5.84. The molecule has 0 aliphatic rings. The van der Waals surface area contributed by atoms with Gasteiger partial charge in [-0.1, -0.05) is 13.8 Å². The van der Waals surface area contributed by atoms with Gasteiger partial charge in [0.1, 0.15) is 11.6 Å². The summed E-state index contributed by atoms with van der Waals surface area (Å²) in [5.74, 6) is 0.194. The number of aromatic amines is 1. The first-order valence-electron chi connectivity index (χ1n) is 5.84. The molecule has 1 atom stereocenters. The Morgan fingerprint density at radius 3 is 2.84 bits per heavy atom. The van der Waals surface area contributed by atoms with Crippen LogP contribution in [0.4, 0.5) is 11.8 Å². The highest BCUT2D eigenvalue weighted by Gasteiger charge is 2.24. The molecule has 2 rings (SSSR count). The van der Waals surface area contributed by atoms with E-state index in [2.05, 4.69) is 25.3 Å². The summed E-state index contributed by atoms with van der Waals surface area (Å²) in [6.45, 7) is 3.81. The third-order valence-electron chi connectivity index (χ3n) is 2.72. The fourth-order valence-corrected chi connectivity index (χ4v) is 1.73. The van der Waals surface area contributed by atoms with Gasteiger partial charge in [-0.15, -0.1) is 0 Å². The lowest BCUT2D eigenvalue weighted by molar-refractivity contribution is -0.142. The summed E-state index contributed by atoms with van der Waals surface area (Å²) in [6.07, 6.45) is 1.49. The Morgan fingerprint density at radius 1 is 1.47 bits per heavy atom. The highest BCUT2D eigenvalue weighted by Crippen LogP contribution is 2.20. The summed E-state index contributed by atoms with van der Waals surface area (Å²) in [4.78, 5) is 26.7. The van der Waals surface area contributed by atoms with E-state index in [-0.39, 0.29) is 17.8 Å². The molecule has 0 spiro atoms. The van der Waals surface area contributed by atoms with Crippen LogP contribution < -0.4 is 11.1 Å². The number of fused-ring (bicyclic) bond motifs is 1. The lowest BCUT2D eigenvalue weighted by Crippen LogP contribution is -2.36. The number of H-pyrrole nitrogens is 1. The number of rotatable bonds is 4. The predicted molar refractivity (Wildman–Crippen MR) is 70.4 cm³/mol. The summed E-state index contributed by atoms with van der Waals surface area (Å²) in [6, 6.07) is -0.522. The number of hydrogen-bond acceptors (Lipinski definition) is 7. The van der Waals surface area contributed by atoms with Crippen molar-refractivity contribution in [3.8, 4) is 0 Å². The van der Waals surface area contributed by atoms with Gasteiger partial charge < -0.3 is 20.8 Å². The predicted octanol–water partition coefficient (Wildman–Crippen LogP) is 0.545. The minimum absolute atomic E-state index is 0.0293. The van der Waals surface area contributed by atoms with Crippen LogP contribution in [0.3, 0.4) is 0 Å². The molecule has 8 heteroatoms. The number of ether oxygens (including phenoxy) is 1.